The van der Waals surface area contributed by atoms with Crippen LogP contribution in [-0.4, -0.2) is 14.1 Å². The lowest BCUT2D eigenvalue weighted by Gasteiger charge is -2.14. The number of hydrogen-bond acceptors (Lipinski definition) is 1. The summed E-state index contributed by atoms with van der Waals surface area (Å²) in [7, 11) is 0. The molecule has 0 N–H and O–H groups in total. The zero-order valence-corrected chi connectivity index (χ0v) is 23.9. The Balaban J connectivity index is 1.37. The van der Waals surface area contributed by atoms with E-state index in [-0.39, 0.29) is 0 Å². The summed E-state index contributed by atoms with van der Waals surface area (Å²) < 4.78 is 4.71. The normalized spacial score (nSPS) is 11.6. The molecular weight excluding hydrogens is 534 g/mol. The largest absolute Gasteiger partial charge is 0.317 e. The minimum absolute atomic E-state index is 0.954. The van der Waals surface area contributed by atoms with E-state index >= 15 is 0 Å². The molecule has 6 aromatic carbocycles. The van der Waals surface area contributed by atoms with Crippen LogP contribution in [0.1, 0.15) is 0 Å². The highest BCUT2D eigenvalue weighted by atomic mass is 15.0. The number of benzene rings is 6. The number of pyridine rings is 1. The molecule has 0 amide bonds. The van der Waals surface area contributed by atoms with Gasteiger partial charge in [-0.1, -0.05) is 109 Å². The first-order valence-corrected chi connectivity index (χ1v) is 15.0. The van der Waals surface area contributed by atoms with Gasteiger partial charge in [0.05, 0.1) is 33.6 Å². The van der Waals surface area contributed by atoms with E-state index < -0.39 is 0 Å². The van der Waals surface area contributed by atoms with Crippen LogP contribution in [0.5, 0.6) is 0 Å². The van der Waals surface area contributed by atoms with Crippen molar-refractivity contribution in [2.75, 3.05) is 0 Å². The first-order chi connectivity index (χ1) is 21.8. The van der Waals surface area contributed by atoms with Crippen LogP contribution in [-0.2, 0) is 0 Å². The van der Waals surface area contributed by atoms with Gasteiger partial charge in [0, 0.05) is 44.6 Å². The van der Waals surface area contributed by atoms with Crippen LogP contribution in [0.3, 0.4) is 0 Å². The molecule has 0 radical (unpaired) electrons. The molecule has 3 heterocycles. The summed E-state index contributed by atoms with van der Waals surface area (Å²) in [5, 5.41) is 6.15. The van der Waals surface area contributed by atoms with Gasteiger partial charge < -0.3 is 9.13 Å². The third kappa shape index (κ3) is 3.87. The molecule has 0 aliphatic heterocycles. The number of aromatic nitrogens is 3. The van der Waals surface area contributed by atoms with Gasteiger partial charge in [0.15, 0.2) is 0 Å². The van der Waals surface area contributed by atoms with Gasteiger partial charge in [-0.05, 0) is 53.9 Å². The highest BCUT2D eigenvalue weighted by Crippen LogP contribution is 2.39. The van der Waals surface area contributed by atoms with Crippen LogP contribution >= 0.6 is 0 Å². The number of para-hydroxylation sites is 2. The van der Waals surface area contributed by atoms with Crippen LogP contribution in [0.15, 0.2) is 164 Å². The molecule has 3 nitrogen and oxygen atoms in total. The summed E-state index contributed by atoms with van der Waals surface area (Å²) in [6.45, 7) is 0. The monoisotopic (exact) mass is 561 g/mol. The van der Waals surface area contributed by atoms with Gasteiger partial charge in [-0.15, -0.1) is 0 Å². The Morgan fingerprint density at radius 1 is 0.409 bits per heavy atom. The van der Waals surface area contributed by atoms with Gasteiger partial charge >= 0.3 is 0 Å². The van der Waals surface area contributed by atoms with Crippen molar-refractivity contribution in [1.29, 1.82) is 0 Å². The SMILES string of the molecule is c1ccc(-c2cc(-n3c4ccccc4c4ccc5cc6c(ccn6-c6ccccc6)cc5c43)cc(-c3ccccc3)n2)cc1. The third-order valence-electron chi connectivity index (χ3n) is 8.70. The molecule has 0 saturated heterocycles. The smallest absolute Gasteiger partial charge is 0.0730 e. The third-order valence-corrected chi connectivity index (χ3v) is 8.70. The van der Waals surface area contributed by atoms with Crippen LogP contribution in [0.25, 0.3) is 77.4 Å². The summed E-state index contributed by atoms with van der Waals surface area (Å²) in [5.41, 5.74) is 9.96. The second-order valence-electron chi connectivity index (χ2n) is 11.3. The van der Waals surface area contributed by atoms with Crippen LogP contribution < -0.4 is 0 Å². The minimum atomic E-state index is 0.954. The van der Waals surface area contributed by atoms with Crippen LogP contribution in [0, 0.1) is 0 Å². The Kier molecular flexibility index (Phi) is 5.50. The van der Waals surface area contributed by atoms with Crippen molar-refractivity contribution in [3.8, 4) is 33.9 Å². The fourth-order valence-corrected chi connectivity index (χ4v) is 6.65. The van der Waals surface area contributed by atoms with E-state index in [0.717, 1.165) is 33.9 Å². The molecule has 0 bridgehead atoms. The zero-order chi connectivity index (χ0) is 29.0. The van der Waals surface area contributed by atoms with Crippen LogP contribution in [0.2, 0.25) is 0 Å². The highest BCUT2D eigenvalue weighted by molar-refractivity contribution is 6.20. The molecule has 0 aliphatic carbocycles. The molecule has 206 valence electrons. The Hall–Kier alpha value is -5.93. The lowest BCUT2D eigenvalue weighted by atomic mass is 10.0. The fourth-order valence-electron chi connectivity index (χ4n) is 6.65. The molecule has 44 heavy (non-hydrogen) atoms. The number of nitrogens with zero attached hydrogens (tertiary/aromatic N) is 3. The maximum absolute atomic E-state index is 5.16. The Labute approximate surface area is 254 Å². The second kappa shape index (κ2) is 9.82. The van der Waals surface area contributed by atoms with Crippen LogP contribution in [0.4, 0.5) is 0 Å². The lowest BCUT2D eigenvalue weighted by Crippen LogP contribution is -1.99. The zero-order valence-electron chi connectivity index (χ0n) is 23.9. The molecule has 3 heteroatoms. The van der Waals surface area contributed by atoms with Crippen molar-refractivity contribution < 1.29 is 0 Å². The van der Waals surface area contributed by atoms with Gasteiger partial charge in [-0.25, -0.2) is 4.98 Å². The summed E-state index contributed by atoms with van der Waals surface area (Å²) in [6, 6.07) is 56.2. The molecule has 0 aliphatic rings. The summed E-state index contributed by atoms with van der Waals surface area (Å²) in [5.74, 6) is 0. The van der Waals surface area contributed by atoms with Gasteiger partial charge in [-0.3, -0.25) is 0 Å². The quantitative estimate of drug-likeness (QED) is 0.210. The minimum Gasteiger partial charge on any atom is -0.317 e. The predicted octanol–water partition coefficient (Wildman–Crippen LogP) is 10.6. The molecule has 3 aromatic heterocycles. The van der Waals surface area contributed by atoms with Crippen molar-refractivity contribution in [1.82, 2.24) is 14.1 Å². The van der Waals surface area contributed by atoms with Gasteiger partial charge in [0.2, 0.25) is 0 Å². The van der Waals surface area contributed by atoms with Gasteiger partial charge in [-0.2, -0.15) is 0 Å². The number of rotatable bonds is 4. The second-order valence-corrected chi connectivity index (χ2v) is 11.3. The molecule has 0 fully saturated rings. The summed E-state index contributed by atoms with van der Waals surface area (Å²) >= 11 is 0. The van der Waals surface area contributed by atoms with E-state index in [1.165, 1.54) is 43.5 Å². The first-order valence-electron chi connectivity index (χ1n) is 15.0. The number of hydrogen-bond donors (Lipinski definition) is 0. The highest BCUT2D eigenvalue weighted by Gasteiger charge is 2.18. The summed E-state index contributed by atoms with van der Waals surface area (Å²) in [4.78, 5) is 5.16. The van der Waals surface area contributed by atoms with Crippen molar-refractivity contribution in [2.45, 2.75) is 0 Å². The molecule has 0 saturated carbocycles. The van der Waals surface area contributed by atoms with E-state index in [1.807, 2.05) is 0 Å². The van der Waals surface area contributed by atoms with Crippen molar-refractivity contribution >= 4 is 43.5 Å². The Morgan fingerprint density at radius 3 is 1.75 bits per heavy atom. The summed E-state index contributed by atoms with van der Waals surface area (Å²) in [6.07, 6.45) is 2.17. The van der Waals surface area contributed by atoms with E-state index in [1.54, 1.807) is 0 Å². The molecule has 9 aromatic rings. The van der Waals surface area contributed by atoms with Crippen molar-refractivity contribution in [2.24, 2.45) is 0 Å². The lowest BCUT2D eigenvalue weighted by molar-refractivity contribution is 1.13. The molecule has 0 spiro atoms. The van der Waals surface area contributed by atoms with E-state index in [9.17, 15) is 0 Å². The topological polar surface area (TPSA) is 22.8 Å². The standard InChI is InChI=1S/C41H27N3/c1-4-12-28(13-5-1)37-26-33(27-38(42-37)29-14-6-2-7-15-29)44-39-19-11-10-18-34(39)35-21-20-30-25-40-31(24-36(30)41(35)44)22-23-43(40)32-16-8-3-9-17-32/h1-27H. The predicted molar refractivity (Wildman–Crippen MR) is 184 cm³/mol. The fraction of sp³-hybridized carbons (Fsp3) is 0. The maximum Gasteiger partial charge on any atom is 0.0730 e. The van der Waals surface area contributed by atoms with Gasteiger partial charge in [0.25, 0.3) is 0 Å². The molecule has 9 rings (SSSR count). The average molecular weight is 562 g/mol. The molecule has 0 atom stereocenters. The average Bonchev–Trinajstić information content (AvgIpc) is 3.67. The first kappa shape index (κ1) is 24.6. The maximum atomic E-state index is 5.16. The number of fused-ring (bicyclic) bond motifs is 6. The van der Waals surface area contributed by atoms with Gasteiger partial charge in [0.1, 0.15) is 0 Å². The molecular formula is C41H27N3. The van der Waals surface area contributed by atoms with Crippen molar-refractivity contribution in [3.05, 3.63) is 164 Å². The van der Waals surface area contributed by atoms with E-state index in [4.69, 9.17) is 4.98 Å². The van der Waals surface area contributed by atoms with E-state index in [0.29, 0.717) is 0 Å². The van der Waals surface area contributed by atoms with Crippen molar-refractivity contribution in [3.63, 3.8) is 0 Å². The molecule has 0 unspecified atom stereocenters. The Bertz CT molecular complexity index is 2410. The van der Waals surface area contributed by atoms with E-state index in [2.05, 4.69) is 173 Å². The Morgan fingerprint density at radius 2 is 1.05 bits per heavy atom.